The van der Waals surface area contributed by atoms with E-state index >= 15 is 0 Å². The zero-order chi connectivity index (χ0) is 22.5. The summed E-state index contributed by atoms with van der Waals surface area (Å²) in [6, 6.07) is 1.66. The van der Waals surface area contributed by atoms with Crippen LogP contribution in [0.3, 0.4) is 0 Å². The summed E-state index contributed by atoms with van der Waals surface area (Å²) in [7, 11) is 0. The molecule has 0 aliphatic rings. The molecule has 0 saturated carbocycles. The van der Waals surface area contributed by atoms with Crippen molar-refractivity contribution in [3.05, 3.63) is 28.8 Å². The molecule has 1 aromatic carbocycles. The fraction of sp³-hybridized carbons (Fsp3) is 0.545. The summed E-state index contributed by atoms with van der Waals surface area (Å²) < 4.78 is 0. The van der Waals surface area contributed by atoms with Gasteiger partial charge in [0.15, 0.2) is 0 Å². The largest absolute Gasteiger partial charge is 0.507 e. The highest BCUT2D eigenvalue weighted by molar-refractivity contribution is 5.94. The molecule has 1 aromatic rings. The lowest BCUT2D eigenvalue weighted by Gasteiger charge is -2.21. The molecule has 7 heteroatoms. The molecule has 1 rings (SSSR count). The number of carboxylic acid groups (broad SMARTS) is 2. The van der Waals surface area contributed by atoms with Gasteiger partial charge in [-0.1, -0.05) is 48.5 Å². The maximum absolute atomic E-state index is 11.4. The van der Waals surface area contributed by atoms with E-state index in [1.54, 1.807) is 39.8 Å². The number of hydrogen-bond donors (Lipinski definition) is 3. The number of nitrogens with zero attached hydrogens (tertiary/aromatic N) is 2. The van der Waals surface area contributed by atoms with Crippen LogP contribution in [-0.2, 0) is 15.0 Å². The topological polar surface area (TPSA) is 120 Å². The van der Waals surface area contributed by atoms with Crippen LogP contribution in [0.15, 0.2) is 22.1 Å². The average molecular weight is 405 g/mol. The van der Waals surface area contributed by atoms with Crippen LogP contribution in [0.2, 0.25) is 0 Å². The second kappa shape index (κ2) is 9.67. The van der Waals surface area contributed by atoms with E-state index in [0.29, 0.717) is 11.1 Å². The SMILES string of the molecule is CC(C)[C@H](N=Cc1cc(C(C)(C)C)cc(C=N[C@H](C(=O)O)C(C)C)c1O)C(=O)O. The van der Waals surface area contributed by atoms with Crippen molar-refractivity contribution in [3.8, 4) is 5.75 Å². The van der Waals surface area contributed by atoms with Crippen LogP contribution < -0.4 is 0 Å². The van der Waals surface area contributed by atoms with Crippen LogP contribution in [0.5, 0.6) is 5.75 Å². The number of carbonyl (C=O) groups is 2. The predicted molar refractivity (Wildman–Crippen MR) is 115 cm³/mol. The van der Waals surface area contributed by atoms with Crippen LogP contribution in [0.4, 0.5) is 0 Å². The van der Waals surface area contributed by atoms with Crippen LogP contribution >= 0.6 is 0 Å². The number of benzene rings is 1. The first kappa shape index (κ1) is 24.3. The maximum atomic E-state index is 11.4. The van der Waals surface area contributed by atoms with Gasteiger partial charge < -0.3 is 15.3 Å². The highest BCUT2D eigenvalue weighted by Crippen LogP contribution is 2.30. The number of rotatable bonds is 8. The molecule has 160 valence electrons. The van der Waals surface area contributed by atoms with Crippen molar-refractivity contribution >= 4 is 24.4 Å². The third-order valence-electron chi connectivity index (χ3n) is 4.55. The van der Waals surface area contributed by atoms with Gasteiger partial charge in [0, 0.05) is 23.6 Å². The molecule has 0 aromatic heterocycles. The molecule has 0 saturated heterocycles. The minimum atomic E-state index is -1.04. The van der Waals surface area contributed by atoms with Crippen molar-refractivity contribution in [1.29, 1.82) is 0 Å². The van der Waals surface area contributed by atoms with E-state index in [-0.39, 0.29) is 23.0 Å². The molecule has 0 amide bonds. The summed E-state index contributed by atoms with van der Waals surface area (Å²) in [6.45, 7) is 13.1. The average Bonchev–Trinajstić information content (AvgIpc) is 2.55. The zero-order valence-corrected chi connectivity index (χ0v) is 18.2. The highest BCUT2D eigenvalue weighted by atomic mass is 16.4. The summed E-state index contributed by atoms with van der Waals surface area (Å²) in [5.41, 5.74) is 1.35. The lowest BCUT2D eigenvalue weighted by molar-refractivity contribution is -0.140. The van der Waals surface area contributed by atoms with Crippen LogP contribution in [-0.4, -0.2) is 51.8 Å². The monoisotopic (exact) mass is 404 g/mol. The lowest BCUT2D eigenvalue weighted by Crippen LogP contribution is -2.24. The fourth-order valence-corrected chi connectivity index (χ4v) is 2.67. The maximum Gasteiger partial charge on any atom is 0.328 e. The third kappa shape index (κ3) is 6.69. The molecule has 2 atom stereocenters. The Kier molecular flexibility index (Phi) is 8.12. The number of carboxylic acids is 2. The van der Waals surface area contributed by atoms with Crippen LogP contribution in [0.1, 0.15) is 65.2 Å². The van der Waals surface area contributed by atoms with E-state index in [2.05, 4.69) is 9.98 Å². The normalized spacial score (nSPS) is 14.8. The second-order valence-corrected chi connectivity index (χ2v) is 8.86. The molecule has 0 aliphatic carbocycles. The van der Waals surface area contributed by atoms with E-state index in [9.17, 15) is 24.9 Å². The van der Waals surface area contributed by atoms with E-state index < -0.39 is 24.0 Å². The Morgan fingerprint density at radius 1 is 0.862 bits per heavy atom. The van der Waals surface area contributed by atoms with Crippen molar-refractivity contribution in [1.82, 2.24) is 0 Å². The van der Waals surface area contributed by atoms with E-state index in [1.165, 1.54) is 12.4 Å². The Bertz CT molecular complexity index is 747. The van der Waals surface area contributed by atoms with Crippen molar-refractivity contribution in [2.24, 2.45) is 21.8 Å². The van der Waals surface area contributed by atoms with E-state index in [1.807, 2.05) is 20.8 Å². The molecule has 7 nitrogen and oxygen atoms in total. The van der Waals surface area contributed by atoms with E-state index in [0.717, 1.165) is 5.56 Å². The molecule has 0 aliphatic heterocycles. The summed E-state index contributed by atoms with van der Waals surface area (Å²) in [5.74, 6) is -2.61. The Labute approximate surface area is 172 Å². The van der Waals surface area contributed by atoms with E-state index in [4.69, 9.17) is 0 Å². The van der Waals surface area contributed by atoms with Crippen molar-refractivity contribution < 1.29 is 24.9 Å². The molecule has 3 N–H and O–H groups in total. The first-order chi connectivity index (χ1) is 13.3. The molecule has 0 unspecified atom stereocenters. The van der Waals surface area contributed by atoms with Gasteiger partial charge in [-0.05, 0) is 34.9 Å². The number of aliphatic carboxylic acids is 2. The minimum absolute atomic E-state index is 0.119. The molecule has 29 heavy (non-hydrogen) atoms. The Morgan fingerprint density at radius 2 is 1.21 bits per heavy atom. The van der Waals surface area contributed by atoms with Gasteiger partial charge in [0.2, 0.25) is 0 Å². The van der Waals surface area contributed by atoms with Gasteiger partial charge in [-0.25, -0.2) is 9.59 Å². The zero-order valence-electron chi connectivity index (χ0n) is 18.2. The molecular weight excluding hydrogens is 372 g/mol. The van der Waals surface area contributed by atoms with Crippen molar-refractivity contribution in [3.63, 3.8) is 0 Å². The smallest absolute Gasteiger partial charge is 0.328 e. The van der Waals surface area contributed by atoms with Gasteiger partial charge in [-0.15, -0.1) is 0 Å². The quantitative estimate of drug-likeness (QED) is 0.570. The van der Waals surface area contributed by atoms with Crippen molar-refractivity contribution in [2.75, 3.05) is 0 Å². The van der Waals surface area contributed by atoms with Crippen LogP contribution in [0.25, 0.3) is 0 Å². The van der Waals surface area contributed by atoms with Gasteiger partial charge in [0.05, 0.1) is 0 Å². The number of aliphatic imine (C=N–C) groups is 2. The second-order valence-electron chi connectivity index (χ2n) is 8.86. The van der Waals surface area contributed by atoms with Gasteiger partial charge >= 0.3 is 11.9 Å². The summed E-state index contributed by atoms with van der Waals surface area (Å²) in [5, 5.41) is 29.3. The molecule has 0 fully saturated rings. The van der Waals surface area contributed by atoms with Gasteiger partial charge in [-0.2, -0.15) is 0 Å². The molecule has 0 radical (unpaired) electrons. The first-order valence-electron chi connectivity index (χ1n) is 9.65. The number of phenolic OH excluding ortho intramolecular Hbond substituents is 1. The van der Waals surface area contributed by atoms with Crippen molar-refractivity contribution in [2.45, 2.75) is 66.0 Å². The number of hydrogen-bond acceptors (Lipinski definition) is 5. The molecular formula is C22H32N2O5. The standard InChI is InChI=1S/C22H32N2O5/c1-12(2)17(20(26)27)23-10-14-8-16(22(5,6)7)9-15(19(14)25)11-24-18(13(3)4)21(28)29/h8-13,17-18,25H,1-7H3,(H,26,27)(H,28,29)/t17-,18-/m0/s1. The number of aromatic hydroxyl groups is 1. The first-order valence-corrected chi connectivity index (χ1v) is 9.65. The lowest BCUT2D eigenvalue weighted by atomic mass is 9.85. The fourth-order valence-electron chi connectivity index (χ4n) is 2.67. The highest BCUT2D eigenvalue weighted by Gasteiger charge is 2.22. The molecule has 0 heterocycles. The van der Waals surface area contributed by atoms with Crippen LogP contribution in [0, 0.1) is 11.8 Å². The van der Waals surface area contributed by atoms with Gasteiger partial charge in [-0.3, -0.25) is 9.98 Å². The summed E-state index contributed by atoms with van der Waals surface area (Å²) in [4.78, 5) is 31.1. The summed E-state index contributed by atoms with van der Waals surface area (Å²) in [6.07, 6.45) is 2.72. The Balaban J connectivity index is 3.50. The summed E-state index contributed by atoms with van der Waals surface area (Å²) >= 11 is 0. The van der Waals surface area contributed by atoms with Gasteiger partial charge in [0.25, 0.3) is 0 Å². The number of phenols is 1. The van der Waals surface area contributed by atoms with Gasteiger partial charge in [0.1, 0.15) is 17.8 Å². The Morgan fingerprint density at radius 3 is 1.45 bits per heavy atom. The Hall–Kier alpha value is -2.70. The minimum Gasteiger partial charge on any atom is -0.507 e. The third-order valence-corrected chi connectivity index (χ3v) is 4.55. The molecule has 0 bridgehead atoms. The molecule has 0 spiro atoms. The predicted octanol–water partition coefficient (Wildman–Crippen LogP) is 3.75.